The van der Waals surface area contributed by atoms with Crippen LogP contribution in [0.5, 0.6) is 0 Å². The fourth-order valence-corrected chi connectivity index (χ4v) is 8.12. The summed E-state index contributed by atoms with van der Waals surface area (Å²) in [6.45, 7) is 8.33. The van der Waals surface area contributed by atoms with Gasteiger partial charge in [-0.2, -0.15) is 0 Å². The van der Waals surface area contributed by atoms with Gasteiger partial charge < -0.3 is 15.4 Å². The minimum absolute atomic E-state index is 0.0829. The number of morpholine rings is 1. The van der Waals surface area contributed by atoms with Gasteiger partial charge in [-0.3, -0.25) is 31.1 Å². The molecule has 7 N–H and O–H groups in total. The van der Waals surface area contributed by atoms with Gasteiger partial charge in [0, 0.05) is 49.7 Å². The van der Waals surface area contributed by atoms with E-state index in [2.05, 4.69) is 49.3 Å². The Kier molecular flexibility index (Phi) is 9.18. The lowest BCUT2D eigenvalue weighted by Crippen LogP contribution is -2.67. The number of piperidine rings is 1. The van der Waals surface area contributed by atoms with Crippen LogP contribution >= 0.6 is 0 Å². The minimum atomic E-state index is -0.0829. The van der Waals surface area contributed by atoms with Crippen LogP contribution in [-0.2, 0) is 9.53 Å². The van der Waals surface area contributed by atoms with E-state index in [1.807, 2.05) is 0 Å². The Bertz CT molecular complexity index is 774. The molecule has 10 heteroatoms. The standard InChI is InChI=1S/C28H52N8O2/c1-18-6-8-20(31-27(37)26-21-4-2-3-5-23(21)34-35-26)16-24(18)33-28-29-11-10-22(32-28)19-7-9-25(30-17-19)36-12-14-38-15-13-36/h18-26,28-30,32-35H,2-17H2,1H3,(H,31,37). The predicted octanol–water partition coefficient (Wildman–Crippen LogP) is 0.178. The van der Waals surface area contributed by atoms with Crippen molar-refractivity contribution in [3.8, 4) is 0 Å². The zero-order chi connectivity index (χ0) is 25.9. The third-order valence-electron chi connectivity index (χ3n) is 10.5. The zero-order valence-electron chi connectivity index (χ0n) is 23.4. The number of amides is 1. The largest absolute Gasteiger partial charge is 0.379 e. The zero-order valence-corrected chi connectivity index (χ0v) is 23.4. The molecular formula is C28H52N8O2. The molecular weight excluding hydrogens is 480 g/mol. The Morgan fingerprint density at radius 3 is 2.63 bits per heavy atom. The molecule has 2 saturated carbocycles. The van der Waals surface area contributed by atoms with Crippen molar-refractivity contribution >= 4 is 5.91 Å². The smallest absolute Gasteiger partial charge is 0.239 e. The monoisotopic (exact) mass is 532 g/mol. The van der Waals surface area contributed by atoms with Crippen LogP contribution in [-0.4, -0.2) is 92.9 Å². The summed E-state index contributed by atoms with van der Waals surface area (Å²) in [4.78, 5) is 15.8. The number of hydrogen-bond acceptors (Lipinski definition) is 9. The summed E-state index contributed by atoms with van der Waals surface area (Å²) in [7, 11) is 0. The second-order valence-corrected chi connectivity index (χ2v) is 12.9. The summed E-state index contributed by atoms with van der Waals surface area (Å²) in [5.74, 6) is 1.91. The summed E-state index contributed by atoms with van der Waals surface area (Å²) in [6.07, 6.45) is 12.4. The first-order chi connectivity index (χ1) is 18.6. The fourth-order valence-electron chi connectivity index (χ4n) is 8.12. The number of fused-ring (bicyclic) bond motifs is 1. The van der Waals surface area contributed by atoms with Crippen LogP contribution in [0.25, 0.3) is 0 Å². The number of hydrogen-bond donors (Lipinski definition) is 7. The number of ether oxygens (including phenoxy) is 1. The van der Waals surface area contributed by atoms with E-state index in [1.165, 1.54) is 38.5 Å². The van der Waals surface area contributed by atoms with Crippen LogP contribution in [0.15, 0.2) is 0 Å². The van der Waals surface area contributed by atoms with E-state index in [0.29, 0.717) is 42.0 Å². The van der Waals surface area contributed by atoms with Gasteiger partial charge in [-0.1, -0.05) is 19.8 Å². The van der Waals surface area contributed by atoms with Crippen LogP contribution in [0.2, 0.25) is 0 Å². The summed E-state index contributed by atoms with van der Waals surface area (Å²) >= 11 is 0. The molecule has 6 rings (SSSR count). The van der Waals surface area contributed by atoms with E-state index in [9.17, 15) is 4.79 Å². The predicted molar refractivity (Wildman–Crippen MR) is 148 cm³/mol. The Morgan fingerprint density at radius 1 is 0.921 bits per heavy atom. The van der Waals surface area contributed by atoms with Crippen molar-refractivity contribution in [1.82, 2.24) is 42.3 Å². The second kappa shape index (κ2) is 12.8. The lowest BCUT2D eigenvalue weighted by molar-refractivity contribution is -0.125. The van der Waals surface area contributed by atoms with Crippen LogP contribution in [0.3, 0.4) is 0 Å². The average Bonchev–Trinajstić information content (AvgIpc) is 3.40. The molecule has 1 amide bonds. The Labute approximate surface area is 228 Å². The number of nitrogens with one attached hydrogen (secondary N) is 7. The Morgan fingerprint density at radius 2 is 1.79 bits per heavy atom. The normalized spacial score (nSPS) is 44.9. The van der Waals surface area contributed by atoms with Gasteiger partial charge in [0.05, 0.1) is 19.4 Å². The van der Waals surface area contributed by atoms with E-state index < -0.39 is 0 Å². The molecule has 0 spiro atoms. The van der Waals surface area contributed by atoms with Gasteiger partial charge >= 0.3 is 0 Å². The molecule has 10 nitrogen and oxygen atoms in total. The lowest BCUT2D eigenvalue weighted by Gasteiger charge is -2.45. The molecule has 2 aliphatic carbocycles. The molecule has 216 valence electrons. The van der Waals surface area contributed by atoms with Gasteiger partial charge in [0.15, 0.2) is 0 Å². The van der Waals surface area contributed by atoms with Gasteiger partial charge in [0.2, 0.25) is 5.91 Å². The maximum Gasteiger partial charge on any atom is 0.239 e. The quantitative estimate of drug-likeness (QED) is 0.257. The molecule has 10 unspecified atom stereocenters. The van der Waals surface area contributed by atoms with Crippen LogP contribution in [0.4, 0.5) is 0 Å². The second-order valence-electron chi connectivity index (χ2n) is 12.9. The van der Waals surface area contributed by atoms with Gasteiger partial charge in [-0.05, 0) is 69.7 Å². The number of hydrazine groups is 1. The summed E-state index contributed by atoms with van der Waals surface area (Å²) in [5.41, 5.74) is 6.72. The first kappa shape index (κ1) is 27.3. The van der Waals surface area contributed by atoms with Crippen molar-refractivity contribution in [2.75, 3.05) is 39.4 Å². The van der Waals surface area contributed by atoms with E-state index >= 15 is 0 Å². The first-order valence-electron chi connectivity index (χ1n) is 15.8. The van der Waals surface area contributed by atoms with E-state index in [4.69, 9.17) is 4.74 Å². The number of carbonyl (C=O) groups excluding carboxylic acids is 1. The highest BCUT2D eigenvalue weighted by molar-refractivity contribution is 5.82. The molecule has 0 aromatic heterocycles. The third-order valence-corrected chi connectivity index (χ3v) is 10.5. The summed E-state index contributed by atoms with van der Waals surface area (Å²) in [6, 6.07) is 1.55. The van der Waals surface area contributed by atoms with Crippen LogP contribution in [0.1, 0.15) is 71.1 Å². The third kappa shape index (κ3) is 6.38. The maximum atomic E-state index is 13.2. The van der Waals surface area contributed by atoms with Crippen molar-refractivity contribution in [3.63, 3.8) is 0 Å². The molecule has 6 aliphatic rings. The van der Waals surface area contributed by atoms with Gasteiger partial charge in [0.25, 0.3) is 0 Å². The molecule has 10 atom stereocenters. The van der Waals surface area contributed by atoms with E-state index in [1.54, 1.807) is 0 Å². The van der Waals surface area contributed by atoms with Gasteiger partial charge in [-0.25, -0.2) is 5.43 Å². The molecule has 4 saturated heterocycles. The fraction of sp³-hybridized carbons (Fsp3) is 0.964. The van der Waals surface area contributed by atoms with E-state index in [-0.39, 0.29) is 24.3 Å². The van der Waals surface area contributed by atoms with Crippen molar-refractivity contribution in [2.45, 2.75) is 114 Å². The minimum Gasteiger partial charge on any atom is -0.379 e. The Hall–Kier alpha value is -0.850. The molecule has 0 aromatic rings. The maximum absolute atomic E-state index is 13.2. The molecule has 6 fully saturated rings. The van der Waals surface area contributed by atoms with Crippen LogP contribution < -0.4 is 37.4 Å². The highest BCUT2D eigenvalue weighted by Gasteiger charge is 2.42. The van der Waals surface area contributed by atoms with Crippen molar-refractivity contribution < 1.29 is 9.53 Å². The highest BCUT2D eigenvalue weighted by Crippen LogP contribution is 2.31. The molecule has 4 heterocycles. The molecule has 0 radical (unpaired) electrons. The van der Waals surface area contributed by atoms with Gasteiger partial charge in [0.1, 0.15) is 12.3 Å². The van der Waals surface area contributed by atoms with Crippen molar-refractivity contribution in [1.29, 1.82) is 0 Å². The molecule has 0 aromatic carbocycles. The van der Waals surface area contributed by atoms with Crippen molar-refractivity contribution in [3.05, 3.63) is 0 Å². The molecule has 4 aliphatic heterocycles. The Balaban J connectivity index is 0.964. The van der Waals surface area contributed by atoms with Crippen LogP contribution in [0, 0.1) is 17.8 Å². The average molecular weight is 533 g/mol. The number of carbonyl (C=O) groups is 1. The SMILES string of the molecule is CC1CCC(NC(=O)C2NNC3CCCCC32)CC1NC1NCCC(C2CCC(N3CCOCC3)NC2)N1. The summed E-state index contributed by atoms with van der Waals surface area (Å²) in [5, 5.41) is 18.8. The first-order valence-corrected chi connectivity index (χ1v) is 15.8. The van der Waals surface area contributed by atoms with Crippen molar-refractivity contribution in [2.24, 2.45) is 17.8 Å². The number of rotatable bonds is 6. The number of nitrogens with zero attached hydrogens (tertiary/aromatic N) is 1. The van der Waals surface area contributed by atoms with E-state index in [0.717, 1.165) is 65.1 Å². The topological polar surface area (TPSA) is 114 Å². The molecule has 0 bridgehead atoms. The summed E-state index contributed by atoms with van der Waals surface area (Å²) < 4.78 is 5.54. The molecule has 38 heavy (non-hydrogen) atoms. The highest BCUT2D eigenvalue weighted by atomic mass is 16.5. The van der Waals surface area contributed by atoms with Gasteiger partial charge in [-0.15, -0.1) is 0 Å². The lowest BCUT2D eigenvalue weighted by atomic mass is 9.80.